The molecule has 0 atom stereocenters. The number of alkyl halides is 1. The van der Waals surface area contributed by atoms with Crippen molar-refractivity contribution in [2.75, 3.05) is 20.6 Å². The van der Waals surface area contributed by atoms with Gasteiger partial charge in [-0.25, -0.2) is 4.39 Å². The van der Waals surface area contributed by atoms with Crippen molar-refractivity contribution in [3.05, 3.63) is 36.0 Å². The molecule has 0 amide bonds. The molecule has 0 heterocycles. The largest absolute Gasteiger partial charge is 0.306 e. The smallest absolute Gasteiger partial charge is 0.109 e. The molecule has 0 aliphatic carbocycles. The SMILES string of the molecule is CC/C=C\C(=C/CC(C)(C)F)C/C=C\CN(C)C. The molecule has 0 aromatic carbocycles. The molecular formula is C16H28FN. The molecule has 0 bridgehead atoms. The molecule has 0 aliphatic heterocycles. The molecule has 0 rings (SSSR count). The van der Waals surface area contributed by atoms with Gasteiger partial charge in [0.2, 0.25) is 0 Å². The lowest BCUT2D eigenvalue weighted by Crippen LogP contribution is -2.10. The standard InChI is InChI=1S/C16H28FN/c1-6-7-10-15(12-13-16(2,3)17)11-8-9-14-18(4)5/h7-10,12H,6,11,13-14H2,1-5H3/b9-8-,10-7-,15-12+. The van der Waals surface area contributed by atoms with Gasteiger partial charge in [-0.1, -0.05) is 37.3 Å². The minimum absolute atomic E-state index is 0.470. The van der Waals surface area contributed by atoms with Crippen LogP contribution in [0.4, 0.5) is 4.39 Å². The van der Waals surface area contributed by atoms with E-state index in [-0.39, 0.29) is 0 Å². The van der Waals surface area contributed by atoms with Crippen molar-refractivity contribution in [2.24, 2.45) is 0 Å². The highest BCUT2D eigenvalue weighted by Crippen LogP contribution is 2.17. The van der Waals surface area contributed by atoms with Gasteiger partial charge in [-0.05, 0) is 52.8 Å². The van der Waals surface area contributed by atoms with Gasteiger partial charge in [0.25, 0.3) is 0 Å². The molecule has 0 radical (unpaired) electrons. The lowest BCUT2D eigenvalue weighted by molar-refractivity contribution is 0.221. The average Bonchev–Trinajstić information content (AvgIpc) is 2.25. The number of allylic oxidation sites excluding steroid dienone is 5. The van der Waals surface area contributed by atoms with Crippen LogP contribution < -0.4 is 0 Å². The highest BCUT2D eigenvalue weighted by atomic mass is 19.1. The van der Waals surface area contributed by atoms with Gasteiger partial charge >= 0.3 is 0 Å². The first kappa shape index (κ1) is 17.1. The molecular weight excluding hydrogens is 225 g/mol. The molecule has 0 aromatic heterocycles. The minimum Gasteiger partial charge on any atom is -0.306 e. The fraction of sp³-hybridized carbons (Fsp3) is 0.625. The van der Waals surface area contributed by atoms with E-state index < -0.39 is 5.67 Å². The Balaban J connectivity index is 4.40. The summed E-state index contributed by atoms with van der Waals surface area (Å²) in [4.78, 5) is 2.12. The maximum atomic E-state index is 13.5. The van der Waals surface area contributed by atoms with Gasteiger partial charge < -0.3 is 4.90 Å². The number of halogens is 1. The van der Waals surface area contributed by atoms with Gasteiger partial charge in [-0.3, -0.25) is 0 Å². The van der Waals surface area contributed by atoms with E-state index >= 15 is 0 Å². The van der Waals surface area contributed by atoms with E-state index in [9.17, 15) is 4.39 Å². The van der Waals surface area contributed by atoms with Crippen LogP contribution in [-0.4, -0.2) is 31.2 Å². The second-order valence-corrected chi connectivity index (χ2v) is 5.45. The van der Waals surface area contributed by atoms with Gasteiger partial charge in [0.15, 0.2) is 0 Å². The van der Waals surface area contributed by atoms with Crippen LogP contribution >= 0.6 is 0 Å². The molecule has 1 nitrogen and oxygen atoms in total. The van der Waals surface area contributed by atoms with Gasteiger partial charge in [0.05, 0.1) is 0 Å². The summed E-state index contributed by atoms with van der Waals surface area (Å²) in [6, 6.07) is 0. The van der Waals surface area contributed by atoms with Crippen LogP contribution in [0.1, 0.15) is 40.0 Å². The van der Waals surface area contributed by atoms with Crippen LogP contribution in [0.5, 0.6) is 0 Å². The first-order valence-corrected chi connectivity index (χ1v) is 6.69. The summed E-state index contributed by atoms with van der Waals surface area (Å²) in [6.45, 7) is 6.29. The fourth-order valence-corrected chi connectivity index (χ4v) is 1.37. The van der Waals surface area contributed by atoms with Crippen molar-refractivity contribution in [3.63, 3.8) is 0 Å². The third-order valence-corrected chi connectivity index (χ3v) is 2.41. The summed E-state index contributed by atoms with van der Waals surface area (Å²) in [5.74, 6) is 0. The van der Waals surface area contributed by atoms with E-state index in [2.05, 4.69) is 36.1 Å². The Kier molecular flexibility index (Phi) is 8.65. The van der Waals surface area contributed by atoms with E-state index in [1.807, 2.05) is 20.2 Å². The van der Waals surface area contributed by atoms with E-state index in [0.717, 1.165) is 19.4 Å². The van der Waals surface area contributed by atoms with Crippen LogP contribution in [0.3, 0.4) is 0 Å². The zero-order valence-corrected chi connectivity index (χ0v) is 12.5. The van der Waals surface area contributed by atoms with Crippen molar-refractivity contribution in [1.29, 1.82) is 0 Å². The maximum Gasteiger partial charge on any atom is 0.109 e. The first-order valence-electron chi connectivity index (χ1n) is 6.69. The molecule has 0 saturated heterocycles. The molecule has 0 aromatic rings. The Hall–Kier alpha value is -0.890. The predicted octanol–water partition coefficient (Wildman–Crippen LogP) is 4.53. The summed E-state index contributed by atoms with van der Waals surface area (Å²) in [5.41, 5.74) is 0.0659. The van der Waals surface area contributed by atoms with Gasteiger partial charge in [-0.15, -0.1) is 0 Å². The minimum atomic E-state index is -1.13. The van der Waals surface area contributed by atoms with E-state index in [4.69, 9.17) is 0 Å². The summed E-state index contributed by atoms with van der Waals surface area (Å²) in [6.07, 6.45) is 12.9. The van der Waals surface area contributed by atoms with Crippen molar-refractivity contribution in [3.8, 4) is 0 Å². The molecule has 0 fully saturated rings. The summed E-state index contributed by atoms with van der Waals surface area (Å²) < 4.78 is 13.5. The predicted molar refractivity (Wildman–Crippen MR) is 79.6 cm³/mol. The van der Waals surface area contributed by atoms with E-state index in [1.165, 1.54) is 5.57 Å². The number of hydrogen-bond donors (Lipinski definition) is 0. The van der Waals surface area contributed by atoms with Crippen molar-refractivity contribution in [2.45, 2.75) is 45.7 Å². The van der Waals surface area contributed by atoms with Crippen molar-refractivity contribution < 1.29 is 4.39 Å². The van der Waals surface area contributed by atoms with Crippen molar-refractivity contribution >= 4 is 0 Å². The molecule has 0 spiro atoms. The Bertz CT molecular complexity index is 293. The van der Waals surface area contributed by atoms with Gasteiger partial charge in [0, 0.05) is 6.54 Å². The molecule has 0 aliphatic rings. The van der Waals surface area contributed by atoms with Crippen LogP contribution in [0.25, 0.3) is 0 Å². The number of rotatable bonds is 8. The second kappa shape index (κ2) is 9.09. The Labute approximate surface area is 112 Å². The van der Waals surface area contributed by atoms with Gasteiger partial charge in [0.1, 0.15) is 5.67 Å². The summed E-state index contributed by atoms with van der Waals surface area (Å²) >= 11 is 0. The third-order valence-electron chi connectivity index (χ3n) is 2.41. The highest BCUT2D eigenvalue weighted by molar-refractivity contribution is 5.22. The maximum absolute atomic E-state index is 13.5. The van der Waals surface area contributed by atoms with E-state index in [0.29, 0.717) is 6.42 Å². The average molecular weight is 253 g/mol. The normalized spacial score (nSPS) is 14.3. The molecule has 2 heteroatoms. The summed E-state index contributed by atoms with van der Waals surface area (Å²) in [7, 11) is 4.09. The Morgan fingerprint density at radius 3 is 2.33 bits per heavy atom. The lowest BCUT2D eigenvalue weighted by Gasteiger charge is -2.11. The lowest BCUT2D eigenvalue weighted by atomic mass is 10.0. The first-order chi connectivity index (χ1) is 8.35. The zero-order valence-electron chi connectivity index (χ0n) is 12.5. The molecule has 18 heavy (non-hydrogen) atoms. The molecule has 0 saturated carbocycles. The van der Waals surface area contributed by atoms with Crippen LogP contribution in [0.2, 0.25) is 0 Å². The monoisotopic (exact) mass is 253 g/mol. The fourth-order valence-electron chi connectivity index (χ4n) is 1.37. The number of hydrogen-bond acceptors (Lipinski definition) is 1. The zero-order chi connectivity index (χ0) is 14.0. The topological polar surface area (TPSA) is 3.24 Å². The highest BCUT2D eigenvalue weighted by Gasteiger charge is 2.12. The Morgan fingerprint density at radius 2 is 1.83 bits per heavy atom. The van der Waals surface area contributed by atoms with Crippen molar-refractivity contribution in [1.82, 2.24) is 4.90 Å². The Morgan fingerprint density at radius 1 is 1.17 bits per heavy atom. The third kappa shape index (κ3) is 11.6. The van der Waals surface area contributed by atoms with Crippen LogP contribution in [-0.2, 0) is 0 Å². The number of likely N-dealkylation sites (N-methyl/N-ethyl adjacent to an activating group) is 1. The molecule has 104 valence electrons. The van der Waals surface area contributed by atoms with E-state index in [1.54, 1.807) is 13.8 Å². The van der Waals surface area contributed by atoms with Crippen LogP contribution in [0, 0.1) is 0 Å². The number of nitrogens with zero attached hydrogens (tertiary/aromatic N) is 1. The molecule has 0 N–H and O–H groups in total. The second-order valence-electron chi connectivity index (χ2n) is 5.45. The molecule has 0 unspecified atom stereocenters. The summed E-state index contributed by atoms with van der Waals surface area (Å²) in [5, 5.41) is 0. The quantitative estimate of drug-likeness (QED) is 0.454. The van der Waals surface area contributed by atoms with Gasteiger partial charge in [-0.2, -0.15) is 0 Å². The van der Waals surface area contributed by atoms with Crippen LogP contribution in [0.15, 0.2) is 36.0 Å².